The molecule has 74 valence electrons. The number of amides is 1. The number of rotatable bonds is 5. The van der Waals surface area contributed by atoms with Gasteiger partial charge < -0.3 is 15.8 Å². The normalized spacial score (nSPS) is 20.5. The first-order valence-corrected chi connectivity index (χ1v) is 4.70. The van der Waals surface area contributed by atoms with Crippen LogP contribution in [0.3, 0.4) is 0 Å². The molecule has 0 heterocycles. The van der Waals surface area contributed by atoms with E-state index in [9.17, 15) is 9.59 Å². The molecule has 0 aromatic heterocycles. The molecule has 4 heteroatoms. The zero-order valence-electron chi connectivity index (χ0n) is 7.82. The molecule has 1 aliphatic rings. The van der Waals surface area contributed by atoms with Gasteiger partial charge in [-0.3, -0.25) is 4.79 Å². The highest BCUT2D eigenvalue weighted by atomic mass is 16.2. The zero-order valence-corrected chi connectivity index (χ0v) is 7.82. The maximum absolute atomic E-state index is 11.3. The van der Waals surface area contributed by atoms with E-state index in [-0.39, 0.29) is 11.9 Å². The van der Waals surface area contributed by atoms with Crippen molar-refractivity contribution in [2.45, 2.75) is 38.3 Å². The minimum absolute atomic E-state index is 0.216. The summed E-state index contributed by atoms with van der Waals surface area (Å²) in [5, 5.41) is 2.65. The molecule has 0 aromatic rings. The second-order valence-corrected chi connectivity index (χ2v) is 3.52. The highest BCUT2D eigenvalue weighted by molar-refractivity contribution is 5.84. The first-order valence-electron chi connectivity index (χ1n) is 4.70. The Morgan fingerprint density at radius 2 is 2.31 bits per heavy atom. The first-order chi connectivity index (χ1) is 6.19. The standard InChI is InChI=1S/C9H16N2O2/c1-2-7(10)9(13)11-8(5-12)6-3-4-6/h5-8H,2-4,10H2,1H3,(H,11,13)/t7-,8+/m0/s1. The summed E-state index contributed by atoms with van der Waals surface area (Å²) >= 11 is 0. The number of carbonyl (C=O) groups is 2. The molecule has 0 saturated heterocycles. The van der Waals surface area contributed by atoms with Gasteiger partial charge in [-0.2, -0.15) is 0 Å². The number of nitrogens with one attached hydrogen (secondary N) is 1. The molecule has 4 nitrogen and oxygen atoms in total. The Kier molecular flexibility index (Phi) is 3.42. The van der Waals surface area contributed by atoms with E-state index >= 15 is 0 Å². The summed E-state index contributed by atoms with van der Waals surface area (Å²) in [6.45, 7) is 1.84. The average molecular weight is 184 g/mol. The Bertz CT molecular complexity index is 202. The summed E-state index contributed by atoms with van der Waals surface area (Å²) in [7, 11) is 0. The molecular formula is C9H16N2O2. The highest BCUT2D eigenvalue weighted by Crippen LogP contribution is 2.31. The number of carbonyl (C=O) groups excluding carboxylic acids is 2. The lowest BCUT2D eigenvalue weighted by atomic mass is 10.1. The van der Waals surface area contributed by atoms with Crippen LogP contribution in [0.5, 0.6) is 0 Å². The molecule has 1 aliphatic carbocycles. The molecule has 1 amide bonds. The van der Waals surface area contributed by atoms with Gasteiger partial charge in [0.25, 0.3) is 0 Å². The van der Waals surface area contributed by atoms with E-state index in [1.54, 1.807) is 0 Å². The van der Waals surface area contributed by atoms with Crippen LogP contribution in [0.4, 0.5) is 0 Å². The van der Waals surface area contributed by atoms with E-state index in [2.05, 4.69) is 5.32 Å². The Labute approximate surface area is 77.9 Å². The van der Waals surface area contributed by atoms with E-state index < -0.39 is 6.04 Å². The van der Waals surface area contributed by atoms with Gasteiger partial charge in [-0.25, -0.2) is 0 Å². The van der Waals surface area contributed by atoms with Crippen LogP contribution in [0.2, 0.25) is 0 Å². The van der Waals surface area contributed by atoms with Gasteiger partial charge in [-0.15, -0.1) is 0 Å². The SMILES string of the molecule is CC[C@H](N)C(=O)N[C@H](C=O)C1CC1. The summed E-state index contributed by atoms with van der Waals surface area (Å²) < 4.78 is 0. The fraction of sp³-hybridized carbons (Fsp3) is 0.778. The smallest absolute Gasteiger partial charge is 0.237 e. The van der Waals surface area contributed by atoms with Crippen molar-refractivity contribution < 1.29 is 9.59 Å². The van der Waals surface area contributed by atoms with E-state index in [4.69, 9.17) is 5.73 Å². The number of hydrogen-bond acceptors (Lipinski definition) is 3. The van der Waals surface area contributed by atoms with Gasteiger partial charge >= 0.3 is 0 Å². The summed E-state index contributed by atoms with van der Waals surface area (Å²) in [5.41, 5.74) is 5.51. The average Bonchev–Trinajstić information content (AvgIpc) is 2.95. The van der Waals surface area contributed by atoms with Gasteiger partial charge in [0.05, 0.1) is 12.1 Å². The summed E-state index contributed by atoms with van der Waals surface area (Å²) in [6.07, 6.45) is 3.47. The minimum atomic E-state index is -0.485. The fourth-order valence-electron chi connectivity index (χ4n) is 1.18. The Hall–Kier alpha value is -0.900. The van der Waals surface area contributed by atoms with Gasteiger partial charge in [-0.05, 0) is 25.2 Å². The van der Waals surface area contributed by atoms with Crippen molar-refractivity contribution in [1.82, 2.24) is 5.32 Å². The number of nitrogens with two attached hydrogens (primary N) is 1. The predicted molar refractivity (Wildman–Crippen MR) is 49.0 cm³/mol. The molecular weight excluding hydrogens is 168 g/mol. The summed E-state index contributed by atoms with van der Waals surface area (Å²) in [5.74, 6) is 0.136. The topological polar surface area (TPSA) is 72.2 Å². The third kappa shape index (κ3) is 2.81. The minimum Gasteiger partial charge on any atom is -0.345 e. The Morgan fingerprint density at radius 1 is 1.69 bits per heavy atom. The molecule has 1 fully saturated rings. The molecule has 2 atom stereocenters. The van der Waals surface area contributed by atoms with Gasteiger partial charge in [0.1, 0.15) is 6.29 Å². The Balaban J connectivity index is 2.36. The van der Waals surface area contributed by atoms with Crippen LogP contribution in [0, 0.1) is 5.92 Å². The van der Waals surface area contributed by atoms with E-state index in [1.807, 2.05) is 6.92 Å². The largest absolute Gasteiger partial charge is 0.345 e. The van der Waals surface area contributed by atoms with E-state index in [1.165, 1.54) is 0 Å². The van der Waals surface area contributed by atoms with Crippen LogP contribution >= 0.6 is 0 Å². The Morgan fingerprint density at radius 3 is 2.69 bits per heavy atom. The molecule has 0 spiro atoms. The van der Waals surface area contributed by atoms with Gasteiger partial charge in [-0.1, -0.05) is 6.92 Å². The third-order valence-electron chi connectivity index (χ3n) is 2.36. The molecule has 1 rings (SSSR count). The lowest BCUT2D eigenvalue weighted by molar-refractivity contribution is -0.125. The lowest BCUT2D eigenvalue weighted by Crippen LogP contribution is -2.46. The molecule has 3 N–H and O–H groups in total. The molecule has 0 aliphatic heterocycles. The van der Waals surface area contributed by atoms with Crippen LogP contribution in [-0.4, -0.2) is 24.3 Å². The zero-order chi connectivity index (χ0) is 9.84. The molecule has 1 saturated carbocycles. The van der Waals surface area contributed by atoms with Crippen molar-refractivity contribution in [1.29, 1.82) is 0 Å². The van der Waals surface area contributed by atoms with Crippen molar-refractivity contribution in [2.24, 2.45) is 11.7 Å². The van der Waals surface area contributed by atoms with Crippen molar-refractivity contribution in [3.8, 4) is 0 Å². The summed E-state index contributed by atoms with van der Waals surface area (Å²) in [6, 6.07) is -0.800. The van der Waals surface area contributed by atoms with Gasteiger partial charge in [0, 0.05) is 0 Å². The molecule has 0 unspecified atom stereocenters. The highest BCUT2D eigenvalue weighted by Gasteiger charge is 2.32. The molecule has 0 aromatic carbocycles. The van der Waals surface area contributed by atoms with Crippen molar-refractivity contribution in [3.63, 3.8) is 0 Å². The van der Waals surface area contributed by atoms with E-state index in [0.717, 1.165) is 19.1 Å². The van der Waals surface area contributed by atoms with Gasteiger partial charge in [0.15, 0.2) is 0 Å². The number of hydrogen-bond donors (Lipinski definition) is 2. The van der Waals surface area contributed by atoms with Crippen molar-refractivity contribution in [3.05, 3.63) is 0 Å². The maximum atomic E-state index is 11.3. The third-order valence-corrected chi connectivity index (χ3v) is 2.36. The molecule has 0 radical (unpaired) electrons. The van der Waals surface area contributed by atoms with Crippen molar-refractivity contribution >= 4 is 12.2 Å². The molecule has 13 heavy (non-hydrogen) atoms. The second kappa shape index (κ2) is 4.37. The van der Waals surface area contributed by atoms with Crippen molar-refractivity contribution in [2.75, 3.05) is 0 Å². The van der Waals surface area contributed by atoms with Crippen LogP contribution in [0.1, 0.15) is 26.2 Å². The number of aldehydes is 1. The van der Waals surface area contributed by atoms with Crippen LogP contribution in [-0.2, 0) is 9.59 Å². The summed E-state index contributed by atoms with van der Waals surface area (Å²) in [4.78, 5) is 21.9. The lowest BCUT2D eigenvalue weighted by Gasteiger charge is -2.14. The van der Waals surface area contributed by atoms with Crippen LogP contribution in [0.15, 0.2) is 0 Å². The predicted octanol–water partition coefficient (Wildman–Crippen LogP) is -0.183. The van der Waals surface area contributed by atoms with Crippen LogP contribution in [0.25, 0.3) is 0 Å². The first kappa shape index (κ1) is 10.2. The van der Waals surface area contributed by atoms with Crippen LogP contribution < -0.4 is 11.1 Å². The quantitative estimate of drug-likeness (QED) is 0.582. The monoisotopic (exact) mass is 184 g/mol. The molecule has 0 bridgehead atoms. The van der Waals surface area contributed by atoms with E-state index in [0.29, 0.717) is 12.3 Å². The fourth-order valence-corrected chi connectivity index (χ4v) is 1.18. The second-order valence-electron chi connectivity index (χ2n) is 3.52. The van der Waals surface area contributed by atoms with Gasteiger partial charge in [0.2, 0.25) is 5.91 Å². The maximum Gasteiger partial charge on any atom is 0.237 e.